The van der Waals surface area contributed by atoms with Gasteiger partial charge in [-0.15, -0.1) is 0 Å². The SMILES string of the molecule is NC(CCCC[N+]1=CC(=O)C[C@@H](O)[C@H](O)[13CH2]1)C(=O)O. The molecule has 19 heavy (non-hydrogen) atoms. The predicted molar refractivity (Wildman–Crippen MR) is 67.2 cm³/mol. The smallest absolute Gasteiger partial charge is 0.320 e. The standard InChI is InChI=1S/C12H20N2O5/c13-9(12(18)19)3-1-2-4-14-6-8(15)5-10(16)11(17)7-14/h6,9-11,16-17H,1-5,7,13H2/p+1/t9?,10-,11-/m1/s1/i7+1. The van der Waals surface area contributed by atoms with E-state index >= 15 is 0 Å². The molecule has 0 radical (unpaired) electrons. The van der Waals surface area contributed by atoms with Crippen LogP contribution in [-0.2, 0) is 9.59 Å². The number of hydrogen-bond acceptors (Lipinski definition) is 5. The summed E-state index contributed by atoms with van der Waals surface area (Å²) < 4.78 is 1.66. The van der Waals surface area contributed by atoms with Crippen LogP contribution >= 0.6 is 0 Å². The molecule has 0 fully saturated rings. The van der Waals surface area contributed by atoms with E-state index in [1.165, 1.54) is 6.21 Å². The number of nitrogens with zero attached hydrogens (tertiary/aromatic N) is 1. The summed E-state index contributed by atoms with van der Waals surface area (Å²) in [7, 11) is 0. The third-order valence-corrected chi connectivity index (χ3v) is 3.13. The van der Waals surface area contributed by atoms with E-state index in [0.717, 1.165) is 0 Å². The number of ketones is 1. The summed E-state index contributed by atoms with van der Waals surface area (Å²) in [6.45, 7) is 0.736. The van der Waals surface area contributed by atoms with Crippen LogP contribution < -0.4 is 5.73 Å². The first kappa shape index (κ1) is 15.7. The van der Waals surface area contributed by atoms with E-state index in [4.69, 9.17) is 10.8 Å². The van der Waals surface area contributed by atoms with Gasteiger partial charge in [-0.3, -0.25) is 9.59 Å². The number of aliphatic carboxylic acids is 1. The number of aliphatic hydroxyl groups excluding tert-OH is 2. The lowest BCUT2D eigenvalue weighted by Crippen LogP contribution is -2.33. The first-order valence-corrected chi connectivity index (χ1v) is 6.36. The second-order valence-electron chi connectivity index (χ2n) is 4.87. The molecule has 0 saturated carbocycles. The number of carbonyl (C=O) groups is 2. The van der Waals surface area contributed by atoms with Gasteiger partial charge in [0.05, 0.1) is 6.10 Å². The van der Waals surface area contributed by atoms with Crippen LogP contribution in [0, 0.1) is 0 Å². The van der Waals surface area contributed by atoms with Crippen molar-refractivity contribution in [3.63, 3.8) is 0 Å². The number of carbonyl (C=O) groups excluding carboxylic acids is 1. The highest BCUT2D eigenvalue weighted by Crippen LogP contribution is 2.06. The van der Waals surface area contributed by atoms with Gasteiger partial charge in [-0.25, -0.2) is 4.58 Å². The van der Waals surface area contributed by atoms with Gasteiger partial charge in [-0.2, -0.15) is 0 Å². The van der Waals surface area contributed by atoms with Gasteiger partial charge >= 0.3 is 5.97 Å². The van der Waals surface area contributed by atoms with E-state index in [1.807, 2.05) is 0 Å². The van der Waals surface area contributed by atoms with Crippen molar-refractivity contribution in [3.05, 3.63) is 0 Å². The maximum Gasteiger partial charge on any atom is 0.320 e. The van der Waals surface area contributed by atoms with Crippen LogP contribution in [0.2, 0.25) is 0 Å². The zero-order valence-corrected chi connectivity index (χ0v) is 10.7. The molecule has 7 nitrogen and oxygen atoms in total. The molecule has 108 valence electrons. The predicted octanol–water partition coefficient (Wildman–Crippen LogP) is -1.65. The molecular formula is C12H21N2O5+. The van der Waals surface area contributed by atoms with Gasteiger partial charge in [-0.1, -0.05) is 0 Å². The molecule has 0 bridgehead atoms. The molecule has 0 aromatic heterocycles. The minimum Gasteiger partial charge on any atom is -0.480 e. The van der Waals surface area contributed by atoms with E-state index in [0.29, 0.717) is 25.8 Å². The van der Waals surface area contributed by atoms with Crippen LogP contribution in [0.15, 0.2) is 0 Å². The summed E-state index contributed by atoms with van der Waals surface area (Å²) in [5, 5.41) is 27.7. The van der Waals surface area contributed by atoms with Gasteiger partial charge in [0.1, 0.15) is 18.7 Å². The minimum atomic E-state index is -1.02. The van der Waals surface area contributed by atoms with Gasteiger partial charge in [0.2, 0.25) is 12.0 Å². The Morgan fingerprint density at radius 1 is 1.42 bits per heavy atom. The molecule has 0 aliphatic carbocycles. The van der Waals surface area contributed by atoms with Crippen LogP contribution in [0.3, 0.4) is 0 Å². The summed E-state index contributed by atoms with van der Waals surface area (Å²) in [6, 6.07) is -0.859. The molecule has 1 heterocycles. The average molecular weight is 274 g/mol. The highest BCUT2D eigenvalue weighted by atomic mass is 16.4. The summed E-state index contributed by atoms with van der Waals surface area (Å²) in [4.78, 5) is 21.9. The average Bonchev–Trinajstić information content (AvgIpc) is 2.44. The van der Waals surface area contributed by atoms with Crippen LogP contribution in [0.5, 0.6) is 0 Å². The minimum absolute atomic E-state index is 0.0679. The zero-order chi connectivity index (χ0) is 14.4. The lowest BCUT2D eigenvalue weighted by molar-refractivity contribution is -0.532. The van der Waals surface area contributed by atoms with Crippen LogP contribution in [0.25, 0.3) is 0 Å². The van der Waals surface area contributed by atoms with Gasteiger partial charge in [0.25, 0.3) is 0 Å². The Kier molecular flexibility index (Phi) is 6.07. The molecule has 1 aliphatic rings. The molecule has 0 aromatic carbocycles. The maximum atomic E-state index is 11.4. The van der Waals surface area contributed by atoms with E-state index in [2.05, 4.69) is 0 Å². The van der Waals surface area contributed by atoms with E-state index in [-0.39, 0.29) is 18.7 Å². The highest BCUT2D eigenvalue weighted by molar-refractivity contribution is 6.25. The third kappa shape index (κ3) is 5.46. The van der Waals surface area contributed by atoms with Crippen LogP contribution in [0.4, 0.5) is 0 Å². The second kappa shape index (κ2) is 7.32. The summed E-state index contributed by atoms with van der Waals surface area (Å²) in [6.07, 6.45) is 1.05. The Bertz CT molecular complexity index is 369. The number of unbranched alkanes of at least 4 members (excludes halogenated alkanes) is 1. The monoisotopic (exact) mass is 274 g/mol. The number of nitrogens with two attached hydrogens (primary N) is 1. The van der Waals surface area contributed by atoms with Crippen LogP contribution in [0.1, 0.15) is 25.7 Å². The molecule has 0 spiro atoms. The molecule has 0 aromatic rings. The fraction of sp³-hybridized carbons (Fsp3) is 0.750. The van der Waals surface area contributed by atoms with E-state index in [9.17, 15) is 19.8 Å². The number of hydrogen-bond donors (Lipinski definition) is 4. The van der Waals surface area contributed by atoms with Crippen molar-refractivity contribution in [1.82, 2.24) is 0 Å². The van der Waals surface area contributed by atoms with Gasteiger partial charge in [0, 0.05) is 12.8 Å². The number of aliphatic hydroxyl groups is 2. The molecule has 7 heteroatoms. The van der Waals surface area contributed by atoms with Crippen molar-refractivity contribution in [2.24, 2.45) is 5.73 Å². The Morgan fingerprint density at radius 2 is 2.11 bits per heavy atom. The molecule has 1 aliphatic heterocycles. The molecule has 0 saturated heterocycles. The fourth-order valence-electron chi connectivity index (χ4n) is 1.97. The summed E-state index contributed by atoms with van der Waals surface area (Å²) in [5.74, 6) is -1.23. The highest BCUT2D eigenvalue weighted by Gasteiger charge is 2.28. The Hall–Kier alpha value is -1.31. The second-order valence-corrected chi connectivity index (χ2v) is 4.87. The number of Topliss-reactive ketones (excluding diaryl/α,β-unsaturated/α-hetero) is 1. The molecular weight excluding hydrogens is 253 g/mol. The quantitative estimate of drug-likeness (QED) is 0.261. The van der Waals surface area contributed by atoms with Gasteiger partial charge in [0.15, 0.2) is 6.54 Å². The third-order valence-electron chi connectivity index (χ3n) is 3.13. The van der Waals surface area contributed by atoms with Crippen LogP contribution in [-0.4, -0.2) is 69.2 Å². The van der Waals surface area contributed by atoms with E-state index < -0.39 is 24.2 Å². The van der Waals surface area contributed by atoms with Crippen molar-refractivity contribution in [2.75, 3.05) is 13.1 Å². The van der Waals surface area contributed by atoms with Crippen molar-refractivity contribution in [2.45, 2.75) is 43.9 Å². The molecule has 0 amide bonds. The first-order valence-electron chi connectivity index (χ1n) is 6.36. The molecule has 1 rings (SSSR count). The lowest BCUT2D eigenvalue weighted by atomic mass is 10.1. The molecule has 3 atom stereocenters. The number of rotatable bonds is 6. The number of carboxylic acids is 1. The molecule has 5 N–H and O–H groups in total. The van der Waals surface area contributed by atoms with Gasteiger partial charge in [-0.05, 0) is 12.8 Å². The zero-order valence-electron chi connectivity index (χ0n) is 10.7. The largest absolute Gasteiger partial charge is 0.480 e. The van der Waals surface area contributed by atoms with Crippen molar-refractivity contribution >= 4 is 18.0 Å². The maximum absolute atomic E-state index is 11.4. The fourth-order valence-corrected chi connectivity index (χ4v) is 1.97. The molecule has 1 unspecified atom stereocenters. The van der Waals surface area contributed by atoms with Gasteiger partial charge < -0.3 is 21.1 Å². The Morgan fingerprint density at radius 3 is 2.74 bits per heavy atom. The van der Waals surface area contributed by atoms with E-state index in [1.54, 1.807) is 4.58 Å². The Labute approximate surface area is 111 Å². The van der Waals surface area contributed by atoms with Crippen molar-refractivity contribution in [3.8, 4) is 0 Å². The van der Waals surface area contributed by atoms with Crippen molar-refractivity contribution < 1.29 is 29.5 Å². The summed E-state index contributed by atoms with van der Waals surface area (Å²) >= 11 is 0. The number of β-amino-alcohol motifs (C(OH)–C–C–N with tert-alkyl or cyclic N) is 1. The Balaban J connectivity index is 2.36. The first-order chi connectivity index (χ1) is 8.90. The number of carboxylic acid groups (broad SMARTS) is 1. The summed E-state index contributed by atoms with van der Waals surface area (Å²) in [5.41, 5.74) is 5.37. The van der Waals surface area contributed by atoms with Crippen molar-refractivity contribution in [1.29, 1.82) is 0 Å². The normalized spacial score (nSPS) is 25.6. The topological polar surface area (TPSA) is 124 Å². The lowest BCUT2D eigenvalue weighted by Gasteiger charge is -2.11.